The number of hydrogen-bond acceptors (Lipinski definition) is 4. The fourth-order valence-electron chi connectivity index (χ4n) is 6.18. The summed E-state index contributed by atoms with van der Waals surface area (Å²) in [4.78, 5) is 25.7. The van der Waals surface area contributed by atoms with E-state index in [-0.39, 0.29) is 29.2 Å². The van der Waals surface area contributed by atoms with E-state index in [4.69, 9.17) is 0 Å². The zero-order valence-corrected chi connectivity index (χ0v) is 22.5. The van der Waals surface area contributed by atoms with Crippen molar-refractivity contribution in [3.63, 3.8) is 0 Å². The molecule has 210 valence electrons. The second kappa shape index (κ2) is 10.8. The third-order valence-electron chi connectivity index (χ3n) is 8.52. The molecule has 2 saturated carbocycles. The Bertz CT molecular complexity index is 1240. The second-order valence-corrected chi connectivity index (χ2v) is 11.7. The molecule has 2 amide bonds. The van der Waals surface area contributed by atoms with E-state index in [2.05, 4.69) is 21.3 Å². The van der Waals surface area contributed by atoms with Gasteiger partial charge in [-0.3, -0.25) is 9.59 Å². The Hall–Kier alpha value is -3.07. The number of alkyl halides is 3. The molecular formula is C30H37F3N4O2. The standard InChI is InChI=1S/C30H37F3N4O2/c1-29(2)22-15-13-20(17-26(22)37-28(29)39)35-27(38)21-14-12-18(30(31,32)33)16-25(21)36-24-11-7-6-10-23(24)34-19-8-4-3-5-9-19/h12-17,19,23-24,34,36H,3-11H2,1-2H3,(H,35,38)(H,37,39)/t23-,24-/m0/s1. The zero-order chi connectivity index (χ0) is 27.8. The molecule has 6 nitrogen and oxygen atoms in total. The predicted octanol–water partition coefficient (Wildman–Crippen LogP) is 6.83. The topological polar surface area (TPSA) is 82.3 Å². The van der Waals surface area contributed by atoms with E-state index in [1.165, 1.54) is 25.3 Å². The molecule has 2 aromatic rings. The molecule has 0 bridgehead atoms. The normalized spacial score (nSPS) is 23.2. The molecular weight excluding hydrogens is 505 g/mol. The highest BCUT2D eigenvalue weighted by Crippen LogP contribution is 2.39. The summed E-state index contributed by atoms with van der Waals surface area (Å²) < 4.78 is 41.0. The van der Waals surface area contributed by atoms with Crippen LogP contribution in [0.5, 0.6) is 0 Å². The van der Waals surface area contributed by atoms with Gasteiger partial charge in [0.05, 0.1) is 16.5 Å². The van der Waals surface area contributed by atoms with Crippen LogP contribution in [0, 0.1) is 0 Å². The van der Waals surface area contributed by atoms with E-state index in [9.17, 15) is 22.8 Å². The number of nitrogens with one attached hydrogen (secondary N) is 4. The van der Waals surface area contributed by atoms with Crippen molar-refractivity contribution in [3.8, 4) is 0 Å². The van der Waals surface area contributed by atoms with Gasteiger partial charge < -0.3 is 21.3 Å². The van der Waals surface area contributed by atoms with Crippen molar-refractivity contribution in [2.45, 2.75) is 101 Å². The summed E-state index contributed by atoms with van der Waals surface area (Å²) in [5.41, 5.74) is 0.761. The van der Waals surface area contributed by atoms with Gasteiger partial charge >= 0.3 is 6.18 Å². The molecule has 0 radical (unpaired) electrons. The van der Waals surface area contributed by atoms with Crippen LogP contribution in [0.1, 0.15) is 93.1 Å². The molecule has 5 rings (SSSR count). The Balaban J connectivity index is 1.39. The number of carbonyl (C=O) groups is 2. The first-order valence-electron chi connectivity index (χ1n) is 14.0. The summed E-state index contributed by atoms with van der Waals surface area (Å²) in [6.45, 7) is 3.66. The number of anilines is 3. The lowest BCUT2D eigenvalue weighted by molar-refractivity contribution is -0.137. The fourth-order valence-corrected chi connectivity index (χ4v) is 6.18. The van der Waals surface area contributed by atoms with Gasteiger partial charge in [-0.25, -0.2) is 0 Å². The lowest BCUT2D eigenvalue weighted by atomic mass is 9.86. The number of hydrogen-bond donors (Lipinski definition) is 4. The maximum Gasteiger partial charge on any atom is 0.416 e. The van der Waals surface area contributed by atoms with Crippen LogP contribution in [-0.4, -0.2) is 29.9 Å². The Labute approximate surface area is 227 Å². The summed E-state index contributed by atoms with van der Waals surface area (Å²) in [7, 11) is 0. The molecule has 0 saturated heterocycles. The van der Waals surface area contributed by atoms with Gasteiger partial charge in [-0.05, 0) is 75.4 Å². The van der Waals surface area contributed by atoms with Crippen molar-refractivity contribution in [1.82, 2.24) is 5.32 Å². The summed E-state index contributed by atoms with van der Waals surface area (Å²) in [5.74, 6) is -0.638. The smallest absolute Gasteiger partial charge is 0.380 e. The minimum absolute atomic E-state index is 0.0758. The van der Waals surface area contributed by atoms with Crippen LogP contribution in [0.2, 0.25) is 0 Å². The van der Waals surface area contributed by atoms with E-state index >= 15 is 0 Å². The first kappa shape index (κ1) is 27.5. The van der Waals surface area contributed by atoms with Crippen molar-refractivity contribution in [3.05, 3.63) is 53.1 Å². The molecule has 0 aromatic heterocycles. The third-order valence-corrected chi connectivity index (χ3v) is 8.52. The summed E-state index contributed by atoms with van der Waals surface area (Å²) in [5, 5.41) is 12.8. The highest BCUT2D eigenvalue weighted by atomic mass is 19.4. The van der Waals surface area contributed by atoms with Gasteiger partial charge in [0.2, 0.25) is 5.91 Å². The lowest BCUT2D eigenvalue weighted by Gasteiger charge is -2.37. The number of benzene rings is 2. The van der Waals surface area contributed by atoms with E-state index in [0.29, 0.717) is 17.4 Å². The van der Waals surface area contributed by atoms with Crippen LogP contribution < -0.4 is 21.3 Å². The van der Waals surface area contributed by atoms with Crippen LogP contribution in [0.4, 0.5) is 30.2 Å². The molecule has 4 N–H and O–H groups in total. The van der Waals surface area contributed by atoms with Gasteiger partial charge in [-0.2, -0.15) is 13.2 Å². The third kappa shape index (κ3) is 5.93. The van der Waals surface area contributed by atoms with E-state index in [1.807, 2.05) is 13.8 Å². The average molecular weight is 543 g/mol. The fraction of sp³-hybridized carbons (Fsp3) is 0.533. The maximum atomic E-state index is 13.7. The average Bonchev–Trinajstić information content (AvgIpc) is 3.12. The molecule has 2 atom stereocenters. The molecule has 0 spiro atoms. The van der Waals surface area contributed by atoms with Gasteiger partial charge in [0, 0.05) is 35.2 Å². The van der Waals surface area contributed by atoms with Gasteiger partial charge in [-0.1, -0.05) is 38.2 Å². The molecule has 1 aliphatic heterocycles. The van der Waals surface area contributed by atoms with Gasteiger partial charge in [0.15, 0.2) is 0 Å². The van der Waals surface area contributed by atoms with Crippen molar-refractivity contribution in [1.29, 1.82) is 0 Å². The molecule has 2 fully saturated rings. The quantitative estimate of drug-likeness (QED) is 0.322. The minimum atomic E-state index is -4.53. The van der Waals surface area contributed by atoms with Crippen LogP contribution in [0.25, 0.3) is 0 Å². The molecule has 1 heterocycles. The zero-order valence-electron chi connectivity index (χ0n) is 22.5. The number of halogens is 3. The maximum absolute atomic E-state index is 13.7. The second-order valence-electron chi connectivity index (χ2n) is 11.7. The van der Waals surface area contributed by atoms with Crippen LogP contribution in [0.3, 0.4) is 0 Å². The minimum Gasteiger partial charge on any atom is -0.380 e. The predicted molar refractivity (Wildman–Crippen MR) is 147 cm³/mol. The Kier molecular flexibility index (Phi) is 7.64. The van der Waals surface area contributed by atoms with Gasteiger partial charge in [0.1, 0.15) is 0 Å². The molecule has 39 heavy (non-hydrogen) atoms. The highest BCUT2D eigenvalue weighted by molar-refractivity contribution is 6.10. The van der Waals surface area contributed by atoms with E-state index < -0.39 is 23.1 Å². The van der Waals surface area contributed by atoms with Crippen LogP contribution in [0.15, 0.2) is 36.4 Å². The first-order chi connectivity index (χ1) is 18.5. The van der Waals surface area contributed by atoms with Gasteiger partial charge in [0.25, 0.3) is 5.91 Å². The SMILES string of the molecule is CC1(C)C(=O)Nc2cc(NC(=O)c3ccc(C(F)(F)F)cc3N[C@H]3CCCC[C@@H]3NC3CCCCC3)ccc21. The number of fused-ring (bicyclic) bond motifs is 1. The summed E-state index contributed by atoms with van der Waals surface area (Å²) in [6.07, 6.45) is 5.20. The van der Waals surface area contributed by atoms with Crippen LogP contribution >= 0.6 is 0 Å². The molecule has 3 aliphatic rings. The monoisotopic (exact) mass is 542 g/mol. The molecule has 2 aromatic carbocycles. The van der Waals surface area contributed by atoms with E-state index in [1.54, 1.807) is 18.2 Å². The molecule has 2 aliphatic carbocycles. The Morgan fingerprint density at radius 1 is 0.923 bits per heavy atom. The summed E-state index contributed by atoms with van der Waals surface area (Å²) >= 11 is 0. The Morgan fingerprint density at radius 2 is 1.62 bits per heavy atom. The van der Waals surface area contributed by atoms with Crippen molar-refractivity contribution in [2.75, 3.05) is 16.0 Å². The number of rotatable bonds is 6. The molecule has 0 unspecified atom stereocenters. The van der Waals surface area contributed by atoms with Gasteiger partial charge in [-0.15, -0.1) is 0 Å². The lowest BCUT2D eigenvalue weighted by Crippen LogP contribution is -2.50. The van der Waals surface area contributed by atoms with Crippen molar-refractivity contribution in [2.24, 2.45) is 0 Å². The largest absolute Gasteiger partial charge is 0.416 e. The van der Waals surface area contributed by atoms with Crippen molar-refractivity contribution >= 4 is 28.9 Å². The highest BCUT2D eigenvalue weighted by Gasteiger charge is 2.38. The summed E-state index contributed by atoms with van der Waals surface area (Å²) in [6, 6.07) is 8.91. The number of carbonyl (C=O) groups excluding carboxylic acids is 2. The Morgan fingerprint density at radius 3 is 2.33 bits per heavy atom. The first-order valence-corrected chi connectivity index (χ1v) is 14.0. The molecule has 9 heteroatoms. The van der Waals surface area contributed by atoms with E-state index in [0.717, 1.165) is 56.2 Å². The van der Waals surface area contributed by atoms with Crippen LogP contribution in [-0.2, 0) is 16.4 Å². The number of amides is 2. The van der Waals surface area contributed by atoms with Crippen molar-refractivity contribution < 1.29 is 22.8 Å².